The maximum Gasteiger partial charge on any atom is 0.317 e. The highest BCUT2D eigenvalue weighted by Crippen LogP contribution is 2.37. The number of likely N-dealkylation sites (tertiary alicyclic amines) is 1. The van der Waals surface area contributed by atoms with Gasteiger partial charge in [0, 0.05) is 24.7 Å². The largest absolute Gasteiger partial charge is 0.480 e. The van der Waals surface area contributed by atoms with Gasteiger partial charge in [-0.25, -0.2) is 4.79 Å². The van der Waals surface area contributed by atoms with E-state index in [9.17, 15) is 9.59 Å². The fraction of sp³-hybridized carbons (Fsp3) is 0.882. The third-order valence-corrected chi connectivity index (χ3v) is 5.96. The van der Waals surface area contributed by atoms with Crippen LogP contribution in [0.2, 0.25) is 0 Å². The summed E-state index contributed by atoms with van der Waals surface area (Å²) in [6.07, 6.45) is 7.84. The van der Waals surface area contributed by atoms with Gasteiger partial charge >= 0.3 is 12.0 Å². The number of aliphatic carboxylic acids is 1. The van der Waals surface area contributed by atoms with Crippen molar-refractivity contribution in [3.8, 4) is 0 Å². The Bertz CT molecular complexity index is 450. The average Bonchev–Trinajstić information content (AvgIpc) is 2.96. The summed E-state index contributed by atoms with van der Waals surface area (Å²) in [5.41, 5.74) is 0. The monoisotopic (exact) mass is 323 g/mol. The minimum absolute atomic E-state index is 0.0950. The van der Waals surface area contributed by atoms with Crippen LogP contribution in [0.4, 0.5) is 4.79 Å². The lowest BCUT2D eigenvalue weighted by atomic mass is 9.85. The van der Waals surface area contributed by atoms with Crippen LogP contribution in [0.15, 0.2) is 0 Å². The summed E-state index contributed by atoms with van der Waals surface area (Å²) in [5, 5.41) is 12.1. The number of carbonyl (C=O) groups is 2. The Kier molecular flexibility index (Phi) is 5.09. The molecule has 0 aromatic rings. The number of fused-ring (bicyclic) bond motifs is 1. The second-order valence-corrected chi connectivity index (χ2v) is 7.32. The fourth-order valence-electron chi connectivity index (χ4n) is 4.64. The van der Waals surface area contributed by atoms with Crippen LogP contribution in [0.3, 0.4) is 0 Å². The van der Waals surface area contributed by atoms with Crippen LogP contribution >= 0.6 is 0 Å². The zero-order chi connectivity index (χ0) is 16.4. The molecule has 2 unspecified atom stereocenters. The second-order valence-electron chi connectivity index (χ2n) is 7.32. The molecule has 1 heterocycles. The van der Waals surface area contributed by atoms with E-state index in [-0.39, 0.29) is 18.6 Å². The lowest BCUT2D eigenvalue weighted by Crippen LogP contribution is -2.59. The van der Waals surface area contributed by atoms with Gasteiger partial charge in [0.2, 0.25) is 0 Å². The van der Waals surface area contributed by atoms with Gasteiger partial charge in [-0.05, 0) is 51.0 Å². The number of carbonyl (C=O) groups excluding carboxylic acids is 1. The predicted molar refractivity (Wildman–Crippen MR) is 87.3 cm³/mol. The number of hydrogen-bond donors (Lipinski definition) is 2. The Morgan fingerprint density at radius 3 is 2.65 bits per heavy atom. The molecule has 2 N–H and O–H groups in total. The molecule has 130 valence electrons. The van der Waals surface area contributed by atoms with E-state index in [1.807, 2.05) is 11.8 Å². The number of urea groups is 1. The van der Waals surface area contributed by atoms with E-state index in [1.165, 1.54) is 19.3 Å². The van der Waals surface area contributed by atoms with Crippen LogP contribution in [0, 0.1) is 5.92 Å². The van der Waals surface area contributed by atoms with E-state index in [2.05, 4.69) is 10.2 Å². The van der Waals surface area contributed by atoms with E-state index < -0.39 is 5.97 Å². The van der Waals surface area contributed by atoms with Crippen molar-refractivity contribution < 1.29 is 14.7 Å². The average molecular weight is 323 g/mol. The molecule has 2 aliphatic carbocycles. The summed E-state index contributed by atoms with van der Waals surface area (Å²) < 4.78 is 0. The smallest absolute Gasteiger partial charge is 0.317 e. The molecule has 6 nitrogen and oxygen atoms in total. The molecule has 0 spiro atoms. The maximum absolute atomic E-state index is 12.6. The van der Waals surface area contributed by atoms with Crippen molar-refractivity contribution >= 4 is 12.0 Å². The number of rotatable bonds is 5. The van der Waals surface area contributed by atoms with Gasteiger partial charge in [0.05, 0.1) is 6.54 Å². The molecule has 3 aliphatic rings. The molecule has 1 saturated heterocycles. The lowest BCUT2D eigenvalue weighted by molar-refractivity contribution is -0.139. The van der Waals surface area contributed by atoms with E-state index in [0.717, 1.165) is 44.7 Å². The van der Waals surface area contributed by atoms with Crippen molar-refractivity contribution in [1.82, 2.24) is 15.1 Å². The van der Waals surface area contributed by atoms with E-state index in [1.54, 1.807) is 0 Å². The first-order chi connectivity index (χ1) is 11.1. The maximum atomic E-state index is 12.6. The predicted octanol–water partition coefficient (Wildman–Crippen LogP) is 1.90. The molecule has 0 aromatic heterocycles. The molecule has 3 rings (SSSR count). The van der Waals surface area contributed by atoms with Gasteiger partial charge in [-0.2, -0.15) is 0 Å². The highest BCUT2D eigenvalue weighted by molar-refractivity contribution is 5.75. The van der Waals surface area contributed by atoms with Crippen LogP contribution in [-0.4, -0.2) is 64.7 Å². The Hall–Kier alpha value is -1.30. The second kappa shape index (κ2) is 7.07. The van der Waals surface area contributed by atoms with Crippen LogP contribution < -0.4 is 5.32 Å². The minimum Gasteiger partial charge on any atom is -0.480 e. The Balaban J connectivity index is 1.46. The van der Waals surface area contributed by atoms with Gasteiger partial charge < -0.3 is 15.3 Å². The quantitative estimate of drug-likeness (QED) is 0.810. The van der Waals surface area contributed by atoms with Crippen LogP contribution in [0.1, 0.15) is 51.9 Å². The molecule has 1 aliphatic heterocycles. The number of nitrogens with zero attached hydrogens (tertiary/aromatic N) is 2. The summed E-state index contributed by atoms with van der Waals surface area (Å²) in [5.74, 6) is -0.0604. The van der Waals surface area contributed by atoms with Gasteiger partial charge in [0.15, 0.2) is 0 Å². The van der Waals surface area contributed by atoms with Crippen molar-refractivity contribution in [1.29, 1.82) is 0 Å². The van der Waals surface area contributed by atoms with Gasteiger partial charge in [0.25, 0.3) is 0 Å². The fourth-order valence-corrected chi connectivity index (χ4v) is 4.64. The zero-order valence-corrected chi connectivity index (χ0v) is 14.0. The van der Waals surface area contributed by atoms with Crippen LogP contribution in [0.5, 0.6) is 0 Å². The summed E-state index contributed by atoms with van der Waals surface area (Å²) in [6, 6.07) is 1.06. The highest BCUT2D eigenvalue weighted by atomic mass is 16.4. The SMILES string of the molecule is CCN(CC(=O)O)C1CC(NC(=O)N2CCCC3CCCC32)C1. The first-order valence-corrected chi connectivity index (χ1v) is 9.11. The van der Waals surface area contributed by atoms with E-state index in [0.29, 0.717) is 12.1 Å². The van der Waals surface area contributed by atoms with Gasteiger partial charge in [-0.3, -0.25) is 9.69 Å². The number of carboxylic acid groups (broad SMARTS) is 1. The molecule has 23 heavy (non-hydrogen) atoms. The molecule has 3 fully saturated rings. The van der Waals surface area contributed by atoms with E-state index in [4.69, 9.17) is 5.11 Å². The standard InChI is InChI=1S/C17H29N3O3/c1-2-19(11-16(21)22)14-9-13(10-14)18-17(23)20-8-4-6-12-5-3-7-15(12)20/h12-15H,2-11H2,1H3,(H,18,23)(H,21,22). The number of piperidine rings is 1. The number of likely N-dealkylation sites (N-methyl/N-ethyl adjacent to an activating group) is 1. The molecule has 2 atom stereocenters. The lowest BCUT2D eigenvalue weighted by Gasteiger charge is -2.44. The summed E-state index contributed by atoms with van der Waals surface area (Å²) in [4.78, 5) is 27.5. The third-order valence-electron chi connectivity index (χ3n) is 5.96. The van der Waals surface area contributed by atoms with Gasteiger partial charge in [-0.1, -0.05) is 13.3 Å². The normalized spacial score (nSPS) is 33.2. The van der Waals surface area contributed by atoms with Gasteiger partial charge in [0.1, 0.15) is 0 Å². The number of carboxylic acids is 1. The number of hydrogen-bond acceptors (Lipinski definition) is 3. The first-order valence-electron chi connectivity index (χ1n) is 9.11. The minimum atomic E-state index is -0.778. The number of nitrogens with one attached hydrogen (secondary N) is 1. The number of amides is 2. The molecule has 2 saturated carbocycles. The summed E-state index contributed by atoms with van der Waals surface area (Å²) in [6.45, 7) is 3.72. The van der Waals surface area contributed by atoms with Crippen molar-refractivity contribution in [3.63, 3.8) is 0 Å². The Morgan fingerprint density at radius 2 is 1.96 bits per heavy atom. The molecule has 2 amide bonds. The summed E-state index contributed by atoms with van der Waals surface area (Å²) >= 11 is 0. The Morgan fingerprint density at radius 1 is 1.22 bits per heavy atom. The molecule has 0 aromatic carbocycles. The van der Waals surface area contributed by atoms with Crippen LogP contribution in [-0.2, 0) is 4.79 Å². The molecule has 0 radical (unpaired) electrons. The first kappa shape index (κ1) is 16.6. The van der Waals surface area contributed by atoms with Crippen molar-refractivity contribution in [2.75, 3.05) is 19.6 Å². The Labute approximate surface area is 138 Å². The molecule has 0 bridgehead atoms. The third kappa shape index (κ3) is 3.62. The molecule has 6 heteroatoms. The molecular formula is C17H29N3O3. The van der Waals surface area contributed by atoms with Crippen LogP contribution in [0.25, 0.3) is 0 Å². The van der Waals surface area contributed by atoms with Gasteiger partial charge in [-0.15, -0.1) is 0 Å². The van der Waals surface area contributed by atoms with E-state index >= 15 is 0 Å². The highest BCUT2D eigenvalue weighted by Gasteiger charge is 2.40. The topological polar surface area (TPSA) is 72.9 Å². The van der Waals surface area contributed by atoms with Crippen molar-refractivity contribution in [2.45, 2.75) is 70.0 Å². The van der Waals surface area contributed by atoms with Crippen molar-refractivity contribution in [2.24, 2.45) is 5.92 Å². The van der Waals surface area contributed by atoms with Crippen molar-refractivity contribution in [3.05, 3.63) is 0 Å². The molecular weight excluding hydrogens is 294 g/mol. The summed E-state index contributed by atoms with van der Waals surface area (Å²) in [7, 11) is 0. The zero-order valence-electron chi connectivity index (χ0n) is 14.0.